The fourth-order valence-electron chi connectivity index (χ4n) is 4.07. The van der Waals surface area contributed by atoms with Crippen molar-refractivity contribution in [3.63, 3.8) is 0 Å². The van der Waals surface area contributed by atoms with Crippen LogP contribution < -0.4 is 5.56 Å². The van der Waals surface area contributed by atoms with Gasteiger partial charge in [-0.05, 0) is 44.4 Å². The maximum Gasteiger partial charge on any atom is 0.262 e. The van der Waals surface area contributed by atoms with E-state index in [1.807, 2.05) is 43.0 Å². The molecule has 1 fully saturated rings. The average molecular weight is 423 g/mol. The van der Waals surface area contributed by atoms with Crippen molar-refractivity contribution < 1.29 is 9.21 Å². The summed E-state index contributed by atoms with van der Waals surface area (Å²) < 4.78 is 7.33. The van der Waals surface area contributed by atoms with E-state index in [9.17, 15) is 9.59 Å². The Morgan fingerprint density at radius 3 is 2.77 bits per heavy atom. The minimum atomic E-state index is -0.142. The Balaban J connectivity index is 1.28. The molecule has 0 bridgehead atoms. The topological polar surface area (TPSA) is 81.2 Å². The summed E-state index contributed by atoms with van der Waals surface area (Å²) >= 11 is 1.51. The van der Waals surface area contributed by atoms with Crippen molar-refractivity contribution in [2.45, 2.75) is 39.2 Å². The summed E-state index contributed by atoms with van der Waals surface area (Å²) in [5.74, 6) is 0.898. The number of hydrogen-bond donors (Lipinski definition) is 0. The van der Waals surface area contributed by atoms with Gasteiger partial charge in [-0.25, -0.2) is 9.97 Å². The van der Waals surface area contributed by atoms with Gasteiger partial charge < -0.3 is 9.32 Å². The number of aromatic nitrogens is 3. The molecule has 5 rings (SSSR count). The van der Waals surface area contributed by atoms with Gasteiger partial charge in [0.05, 0.1) is 11.7 Å². The first kappa shape index (κ1) is 19.0. The second-order valence-electron chi connectivity index (χ2n) is 7.82. The highest BCUT2D eigenvalue weighted by Crippen LogP contribution is 2.30. The molecule has 0 saturated carbocycles. The molecule has 0 unspecified atom stereocenters. The molecule has 1 aromatic carbocycles. The number of aryl methyl sites for hydroxylation is 2. The van der Waals surface area contributed by atoms with E-state index in [4.69, 9.17) is 4.42 Å². The van der Waals surface area contributed by atoms with E-state index in [0.29, 0.717) is 18.5 Å². The van der Waals surface area contributed by atoms with Gasteiger partial charge >= 0.3 is 0 Å². The lowest BCUT2D eigenvalue weighted by Gasteiger charge is -2.30. The number of nitrogens with zero attached hydrogens (tertiary/aromatic N) is 4. The molecule has 8 heteroatoms. The zero-order valence-corrected chi connectivity index (χ0v) is 17.7. The van der Waals surface area contributed by atoms with Gasteiger partial charge in [-0.1, -0.05) is 12.1 Å². The standard InChI is InChI=1S/C22H22N4O3S/c1-13-14(2)30-21-19(13)22(28)26(12-23-21)11-18(27)25-9-7-15(8-10-25)20-24-16-5-3-4-6-17(16)29-20/h3-6,12,15H,7-11H2,1-2H3. The normalized spacial score (nSPS) is 15.3. The third-order valence-corrected chi connectivity index (χ3v) is 7.08. The van der Waals surface area contributed by atoms with Crippen molar-refractivity contribution in [2.24, 2.45) is 0 Å². The first-order valence-electron chi connectivity index (χ1n) is 10.1. The molecule has 154 valence electrons. The van der Waals surface area contributed by atoms with Gasteiger partial charge in [0.25, 0.3) is 5.56 Å². The third kappa shape index (κ3) is 3.21. The molecule has 0 aliphatic carbocycles. The van der Waals surface area contributed by atoms with Crippen LogP contribution in [0.2, 0.25) is 0 Å². The lowest BCUT2D eigenvalue weighted by atomic mass is 9.97. The van der Waals surface area contributed by atoms with Gasteiger partial charge in [-0.15, -0.1) is 11.3 Å². The Hall–Kier alpha value is -3.00. The Morgan fingerprint density at radius 1 is 1.23 bits per heavy atom. The minimum Gasteiger partial charge on any atom is -0.440 e. The highest BCUT2D eigenvalue weighted by molar-refractivity contribution is 7.18. The fourth-order valence-corrected chi connectivity index (χ4v) is 5.06. The molecule has 7 nitrogen and oxygen atoms in total. The van der Waals surface area contributed by atoms with Gasteiger partial charge in [0.1, 0.15) is 16.9 Å². The number of benzene rings is 1. The molecule has 1 aliphatic rings. The summed E-state index contributed by atoms with van der Waals surface area (Å²) in [6.07, 6.45) is 3.09. The number of likely N-dealkylation sites (tertiary alicyclic amines) is 1. The number of amides is 1. The third-order valence-electron chi connectivity index (χ3n) is 5.97. The lowest BCUT2D eigenvalue weighted by molar-refractivity contribution is -0.133. The number of piperidine rings is 1. The first-order chi connectivity index (χ1) is 14.5. The van der Waals surface area contributed by atoms with Gasteiger partial charge in [-0.3, -0.25) is 14.2 Å². The molecule has 0 radical (unpaired) electrons. The fraction of sp³-hybridized carbons (Fsp3) is 0.364. The van der Waals surface area contributed by atoms with Crippen LogP contribution in [0.15, 0.2) is 39.8 Å². The molecule has 0 spiro atoms. The molecular weight excluding hydrogens is 400 g/mol. The van der Waals surface area contributed by atoms with Crippen molar-refractivity contribution in [3.05, 3.63) is 57.3 Å². The van der Waals surface area contributed by atoms with E-state index in [1.165, 1.54) is 22.2 Å². The van der Waals surface area contributed by atoms with Gasteiger partial charge in [0.15, 0.2) is 11.5 Å². The molecule has 0 atom stereocenters. The second-order valence-corrected chi connectivity index (χ2v) is 9.02. The summed E-state index contributed by atoms with van der Waals surface area (Å²) in [7, 11) is 0. The number of oxazole rings is 1. The van der Waals surface area contributed by atoms with Crippen LogP contribution in [0.3, 0.4) is 0 Å². The van der Waals surface area contributed by atoms with Gasteiger partial charge in [-0.2, -0.15) is 0 Å². The van der Waals surface area contributed by atoms with Crippen LogP contribution in [0.25, 0.3) is 21.3 Å². The van der Waals surface area contributed by atoms with E-state index in [0.717, 1.165) is 45.1 Å². The molecule has 1 amide bonds. The number of carbonyl (C=O) groups is 1. The SMILES string of the molecule is Cc1sc2ncn(CC(=O)N3CCC(c4nc5ccccc5o4)CC3)c(=O)c2c1C. The summed E-state index contributed by atoms with van der Waals surface area (Å²) in [6, 6.07) is 7.75. The van der Waals surface area contributed by atoms with Crippen molar-refractivity contribution in [1.82, 2.24) is 19.4 Å². The number of rotatable bonds is 3. The van der Waals surface area contributed by atoms with Crippen molar-refractivity contribution >= 4 is 38.6 Å². The predicted molar refractivity (Wildman–Crippen MR) is 116 cm³/mol. The predicted octanol–water partition coefficient (Wildman–Crippen LogP) is 3.62. The number of fused-ring (bicyclic) bond motifs is 2. The summed E-state index contributed by atoms with van der Waals surface area (Å²) in [5, 5.41) is 0.627. The van der Waals surface area contributed by atoms with Crippen LogP contribution in [0, 0.1) is 13.8 Å². The second kappa shape index (κ2) is 7.36. The van der Waals surface area contributed by atoms with E-state index < -0.39 is 0 Å². The maximum atomic E-state index is 12.8. The van der Waals surface area contributed by atoms with E-state index in [-0.39, 0.29) is 23.9 Å². The van der Waals surface area contributed by atoms with Crippen molar-refractivity contribution in [2.75, 3.05) is 13.1 Å². The first-order valence-corrected chi connectivity index (χ1v) is 10.9. The van der Waals surface area contributed by atoms with Crippen LogP contribution in [0.1, 0.15) is 35.1 Å². The molecule has 4 aromatic rings. The summed E-state index contributed by atoms with van der Waals surface area (Å²) in [5.41, 5.74) is 2.48. The Bertz CT molecular complexity index is 1280. The Morgan fingerprint density at radius 2 is 2.00 bits per heavy atom. The molecule has 1 aliphatic heterocycles. The highest BCUT2D eigenvalue weighted by atomic mass is 32.1. The highest BCUT2D eigenvalue weighted by Gasteiger charge is 2.27. The molecular formula is C22H22N4O3S. The van der Waals surface area contributed by atoms with E-state index >= 15 is 0 Å². The van der Waals surface area contributed by atoms with Crippen LogP contribution in [-0.4, -0.2) is 38.4 Å². The molecule has 4 heterocycles. The zero-order chi connectivity index (χ0) is 20.8. The average Bonchev–Trinajstić information content (AvgIpc) is 3.31. The summed E-state index contributed by atoms with van der Waals surface area (Å²) in [4.78, 5) is 38.3. The van der Waals surface area contributed by atoms with Crippen LogP contribution in [0.4, 0.5) is 0 Å². The minimum absolute atomic E-state index is 0.0175. The smallest absolute Gasteiger partial charge is 0.262 e. The van der Waals surface area contributed by atoms with Crippen LogP contribution in [0.5, 0.6) is 0 Å². The van der Waals surface area contributed by atoms with E-state index in [1.54, 1.807) is 0 Å². The number of carbonyl (C=O) groups excluding carboxylic acids is 1. The molecule has 3 aromatic heterocycles. The largest absolute Gasteiger partial charge is 0.440 e. The quantitative estimate of drug-likeness (QED) is 0.504. The van der Waals surface area contributed by atoms with Gasteiger partial charge in [0.2, 0.25) is 5.91 Å². The lowest BCUT2D eigenvalue weighted by Crippen LogP contribution is -2.41. The maximum absolute atomic E-state index is 12.8. The Labute approximate surface area is 177 Å². The number of hydrogen-bond acceptors (Lipinski definition) is 6. The van der Waals surface area contributed by atoms with Crippen molar-refractivity contribution in [3.8, 4) is 0 Å². The Kier molecular flexibility index (Phi) is 4.66. The van der Waals surface area contributed by atoms with Gasteiger partial charge in [0, 0.05) is 23.9 Å². The molecule has 1 saturated heterocycles. The molecule has 30 heavy (non-hydrogen) atoms. The van der Waals surface area contributed by atoms with Crippen molar-refractivity contribution in [1.29, 1.82) is 0 Å². The summed E-state index contributed by atoms with van der Waals surface area (Å²) in [6.45, 7) is 5.19. The molecule has 0 N–H and O–H groups in total. The van der Waals surface area contributed by atoms with Crippen LogP contribution >= 0.6 is 11.3 Å². The van der Waals surface area contributed by atoms with Crippen LogP contribution in [-0.2, 0) is 11.3 Å². The monoisotopic (exact) mass is 422 g/mol. The number of para-hydroxylation sites is 2. The zero-order valence-electron chi connectivity index (χ0n) is 16.9. The number of thiophene rings is 1. The van der Waals surface area contributed by atoms with E-state index in [2.05, 4.69) is 9.97 Å².